The minimum atomic E-state index is -1.09. The maximum Gasteiger partial charge on any atom is 0.321 e. The lowest BCUT2D eigenvalue weighted by atomic mass is 10.0. The Morgan fingerprint density at radius 2 is 1.92 bits per heavy atom. The molecule has 0 radical (unpaired) electrons. The van der Waals surface area contributed by atoms with E-state index in [1.807, 2.05) is 36.4 Å². The third-order valence-corrected chi connectivity index (χ3v) is 4.02. The highest BCUT2D eigenvalue weighted by atomic mass is 16.5. The molecule has 3 rings (SSSR count). The summed E-state index contributed by atoms with van der Waals surface area (Å²) in [6.45, 7) is 1.40. The van der Waals surface area contributed by atoms with Crippen molar-refractivity contribution < 1.29 is 23.5 Å². The van der Waals surface area contributed by atoms with Gasteiger partial charge >= 0.3 is 12.0 Å². The van der Waals surface area contributed by atoms with Crippen molar-refractivity contribution >= 4 is 39.6 Å². The van der Waals surface area contributed by atoms with Crippen molar-refractivity contribution in [3.63, 3.8) is 0 Å². The Bertz CT molecular complexity index is 992. The number of nitrogens with one attached hydrogen (secondary N) is 2. The molecule has 0 saturated carbocycles. The lowest BCUT2D eigenvalue weighted by Crippen LogP contribution is -2.43. The van der Waals surface area contributed by atoms with Crippen LogP contribution in [0.25, 0.3) is 21.7 Å². The van der Waals surface area contributed by atoms with Crippen molar-refractivity contribution in [2.24, 2.45) is 0 Å². The van der Waals surface area contributed by atoms with Gasteiger partial charge in [-0.15, -0.1) is 0 Å². The lowest BCUT2D eigenvalue weighted by molar-refractivity contribution is -0.153. The number of rotatable bonds is 4. The zero-order valence-electron chi connectivity index (χ0n) is 14.4. The molecule has 26 heavy (non-hydrogen) atoms. The molecule has 0 aliphatic carbocycles. The predicted octanol–water partition coefficient (Wildman–Crippen LogP) is 2.52. The van der Waals surface area contributed by atoms with Crippen LogP contribution in [0.2, 0.25) is 0 Å². The number of imide groups is 1. The van der Waals surface area contributed by atoms with Crippen LogP contribution >= 0.6 is 0 Å². The fraction of sp³-hybridized carbons (Fsp3) is 0.211. The van der Waals surface area contributed by atoms with Crippen LogP contribution in [0.15, 0.2) is 47.1 Å². The first-order chi connectivity index (χ1) is 12.5. The van der Waals surface area contributed by atoms with Crippen molar-refractivity contribution in [2.45, 2.75) is 19.4 Å². The average Bonchev–Trinajstić information content (AvgIpc) is 3.04. The Kier molecular flexibility index (Phi) is 4.88. The fourth-order valence-electron chi connectivity index (χ4n) is 2.73. The van der Waals surface area contributed by atoms with Crippen LogP contribution in [0.4, 0.5) is 4.79 Å². The predicted molar refractivity (Wildman–Crippen MR) is 95.6 cm³/mol. The molecule has 0 aliphatic heterocycles. The highest BCUT2D eigenvalue weighted by Gasteiger charge is 2.21. The molecule has 0 unspecified atom stereocenters. The van der Waals surface area contributed by atoms with Gasteiger partial charge in [0.1, 0.15) is 5.58 Å². The summed E-state index contributed by atoms with van der Waals surface area (Å²) in [5.74, 6) is -1.28. The number of esters is 1. The molecule has 0 fully saturated rings. The second-order valence-electron chi connectivity index (χ2n) is 5.80. The van der Waals surface area contributed by atoms with Gasteiger partial charge in [0.25, 0.3) is 5.91 Å². The molecule has 1 atom stereocenters. The molecule has 3 aromatic rings. The maximum absolute atomic E-state index is 12.2. The maximum atomic E-state index is 12.2. The summed E-state index contributed by atoms with van der Waals surface area (Å²) in [6.07, 6.45) is 0.390. The summed E-state index contributed by atoms with van der Waals surface area (Å²) in [6, 6.07) is 10.9. The Hall–Kier alpha value is -3.35. The molecular weight excluding hydrogens is 336 g/mol. The first kappa shape index (κ1) is 17.5. The number of hydrogen-bond donors (Lipinski definition) is 2. The van der Waals surface area contributed by atoms with Crippen molar-refractivity contribution in [1.29, 1.82) is 0 Å². The number of furan rings is 1. The van der Waals surface area contributed by atoms with Gasteiger partial charge in [0.15, 0.2) is 6.10 Å². The lowest BCUT2D eigenvalue weighted by Gasteiger charge is -2.12. The Labute approximate surface area is 149 Å². The quantitative estimate of drug-likeness (QED) is 0.702. The van der Waals surface area contributed by atoms with Crippen LogP contribution in [0.5, 0.6) is 0 Å². The molecule has 7 heteroatoms. The Balaban J connectivity index is 1.76. The summed E-state index contributed by atoms with van der Waals surface area (Å²) < 4.78 is 10.7. The molecule has 0 saturated heterocycles. The van der Waals surface area contributed by atoms with Gasteiger partial charge in [0.2, 0.25) is 0 Å². The fourth-order valence-corrected chi connectivity index (χ4v) is 2.73. The number of ether oxygens (including phenoxy) is 1. The summed E-state index contributed by atoms with van der Waals surface area (Å²) in [5.41, 5.74) is 1.36. The van der Waals surface area contributed by atoms with E-state index in [-0.39, 0.29) is 6.42 Å². The number of amides is 3. The minimum absolute atomic E-state index is 0.0431. The summed E-state index contributed by atoms with van der Waals surface area (Å²) in [4.78, 5) is 35.1. The van der Waals surface area contributed by atoms with E-state index in [0.717, 1.165) is 16.2 Å². The molecule has 2 aromatic carbocycles. The third kappa shape index (κ3) is 3.51. The van der Waals surface area contributed by atoms with Crippen molar-refractivity contribution in [1.82, 2.24) is 10.6 Å². The van der Waals surface area contributed by atoms with E-state index >= 15 is 0 Å². The van der Waals surface area contributed by atoms with Crippen LogP contribution in [0.3, 0.4) is 0 Å². The zero-order chi connectivity index (χ0) is 18.7. The van der Waals surface area contributed by atoms with Gasteiger partial charge in [-0.2, -0.15) is 0 Å². The van der Waals surface area contributed by atoms with Crippen LogP contribution < -0.4 is 10.6 Å². The molecule has 1 heterocycles. The monoisotopic (exact) mass is 354 g/mol. The largest absolute Gasteiger partial charge is 0.464 e. The van der Waals surface area contributed by atoms with E-state index in [0.29, 0.717) is 11.1 Å². The highest BCUT2D eigenvalue weighted by Crippen LogP contribution is 2.30. The number of fused-ring (bicyclic) bond motifs is 3. The van der Waals surface area contributed by atoms with Gasteiger partial charge in [-0.1, -0.05) is 30.3 Å². The van der Waals surface area contributed by atoms with Gasteiger partial charge in [-0.25, -0.2) is 4.79 Å². The first-order valence-corrected chi connectivity index (χ1v) is 8.09. The summed E-state index contributed by atoms with van der Waals surface area (Å²) in [5, 5.41) is 7.18. The van der Waals surface area contributed by atoms with Gasteiger partial charge in [-0.05, 0) is 23.8 Å². The number of urea groups is 1. The van der Waals surface area contributed by atoms with E-state index in [2.05, 4.69) is 10.6 Å². The Morgan fingerprint density at radius 3 is 2.69 bits per heavy atom. The molecule has 2 N–H and O–H groups in total. The van der Waals surface area contributed by atoms with Gasteiger partial charge in [-0.3, -0.25) is 14.9 Å². The summed E-state index contributed by atoms with van der Waals surface area (Å²) >= 11 is 0. The van der Waals surface area contributed by atoms with Gasteiger partial charge < -0.3 is 14.5 Å². The number of benzene rings is 2. The molecule has 7 nitrogen and oxygen atoms in total. The summed E-state index contributed by atoms with van der Waals surface area (Å²) in [7, 11) is 1.38. The highest BCUT2D eigenvalue weighted by molar-refractivity contribution is 6.08. The third-order valence-electron chi connectivity index (χ3n) is 4.02. The topological polar surface area (TPSA) is 97.6 Å². The van der Waals surface area contributed by atoms with Crippen LogP contribution in [0, 0.1) is 0 Å². The van der Waals surface area contributed by atoms with Crippen LogP contribution in [-0.4, -0.2) is 31.1 Å². The normalized spacial score (nSPS) is 11.9. The SMILES string of the molecule is CNC(=O)NC(=O)[C@H](C)OC(=O)Cc1coc2ccc3ccccc3c12. The van der Waals surface area contributed by atoms with E-state index in [1.165, 1.54) is 20.2 Å². The van der Waals surface area contributed by atoms with Crippen LogP contribution in [0.1, 0.15) is 12.5 Å². The number of carbonyl (C=O) groups excluding carboxylic acids is 3. The number of carbonyl (C=O) groups is 3. The number of hydrogen-bond acceptors (Lipinski definition) is 5. The molecule has 3 amide bonds. The molecular formula is C19H18N2O5. The molecule has 0 aliphatic rings. The second-order valence-corrected chi connectivity index (χ2v) is 5.80. The average molecular weight is 354 g/mol. The molecule has 1 aromatic heterocycles. The molecule has 0 bridgehead atoms. The smallest absolute Gasteiger partial charge is 0.321 e. The van der Waals surface area contributed by atoms with E-state index < -0.39 is 24.0 Å². The van der Waals surface area contributed by atoms with Crippen molar-refractivity contribution in [3.05, 3.63) is 48.2 Å². The van der Waals surface area contributed by atoms with Crippen molar-refractivity contribution in [3.8, 4) is 0 Å². The second kappa shape index (κ2) is 7.26. The molecule has 0 spiro atoms. The Morgan fingerprint density at radius 1 is 1.15 bits per heavy atom. The molecule has 134 valence electrons. The van der Waals surface area contributed by atoms with E-state index in [9.17, 15) is 14.4 Å². The first-order valence-electron chi connectivity index (χ1n) is 8.09. The van der Waals surface area contributed by atoms with Gasteiger partial charge in [0, 0.05) is 18.0 Å². The van der Waals surface area contributed by atoms with Gasteiger partial charge in [0.05, 0.1) is 12.7 Å². The minimum Gasteiger partial charge on any atom is -0.464 e. The zero-order valence-corrected chi connectivity index (χ0v) is 14.4. The van der Waals surface area contributed by atoms with Crippen LogP contribution in [-0.2, 0) is 20.7 Å². The van der Waals surface area contributed by atoms with Crippen molar-refractivity contribution in [2.75, 3.05) is 7.05 Å². The van der Waals surface area contributed by atoms with E-state index in [4.69, 9.17) is 9.15 Å². The standard InChI is InChI=1S/C19H18N2O5/c1-11(18(23)21-19(24)20-2)26-16(22)9-13-10-25-15-8-7-12-5-3-4-6-14(12)17(13)15/h3-8,10-11H,9H2,1-2H3,(H2,20,21,23,24)/t11-/m0/s1. The van der Waals surface area contributed by atoms with E-state index in [1.54, 1.807) is 0 Å².